The van der Waals surface area contributed by atoms with Crippen LogP contribution in [0.3, 0.4) is 0 Å². The number of aromatic nitrogens is 4. The van der Waals surface area contributed by atoms with Crippen molar-refractivity contribution >= 4 is 44.3 Å². The number of rotatable bonds is 8. The summed E-state index contributed by atoms with van der Waals surface area (Å²) in [6.07, 6.45) is 2.38. The number of benzene rings is 1. The van der Waals surface area contributed by atoms with Crippen LogP contribution < -0.4 is 10.5 Å². The monoisotopic (exact) mass is 584 g/mol. The van der Waals surface area contributed by atoms with Crippen LogP contribution in [0, 0.1) is 12.8 Å². The minimum absolute atomic E-state index is 0.220. The number of nitrogens with two attached hydrogens (primary N) is 1. The SMILES string of the molecule is Cc1sc(C(=O)c2cncnc2N[C@@H]2C[C@H](COS(N)(=O)=O)[C@@H](O)C2)cc1[C@H]1OCCn2c1nc1ccccc12. The van der Waals surface area contributed by atoms with Crippen LogP contribution in [0.15, 0.2) is 42.9 Å². The lowest BCUT2D eigenvalue weighted by molar-refractivity contribution is 0.0441. The van der Waals surface area contributed by atoms with E-state index in [9.17, 15) is 18.3 Å². The summed E-state index contributed by atoms with van der Waals surface area (Å²) in [5.41, 5.74) is 3.16. The van der Waals surface area contributed by atoms with E-state index >= 15 is 0 Å². The van der Waals surface area contributed by atoms with Gasteiger partial charge in [-0.2, -0.15) is 8.42 Å². The Morgan fingerprint density at radius 1 is 1.32 bits per heavy atom. The number of nitrogens with one attached hydrogen (secondary N) is 1. The number of fused-ring (bicyclic) bond motifs is 3. The molecule has 2 aliphatic rings. The highest BCUT2D eigenvalue weighted by Crippen LogP contribution is 2.38. The predicted molar refractivity (Wildman–Crippen MR) is 147 cm³/mol. The second kappa shape index (κ2) is 10.6. The molecule has 1 fully saturated rings. The van der Waals surface area contributed by atoms with Gasteiger partial charge in [0.15, 0.2) is 0 Å². The number of anilines is 1. The number of thiophene rings is 1. The van der Waals surface area contributed by atoms with Crippen molar-refractivity contribution in [1.82, 2.24) is 19.5 Å². The maximum absolute atomic E-state index is 13.7. The molecule has 1 aromatic carbocycles. The maximum Gasteiger partial charge on any atom is 0.333 e. The Morgan fingerprint density at radius 3 is 2.98 bits per heavy atom. The topological polar surface area (TPSA) is 172 Å². The number of ketones is 1. The van der Waals surface area contributed by atoms with Gasteiger partial charge in [0.2, 0.25) is 5.78 Å². The highest BCUT2D eigenvalue weighted by Gasteiger charge is 2.35. The number of aliphatic hydroxyl groups excluding tert-OH is 1. The van der Waals surface area contributed by atoms with Gasteiger partial charge in [0.1, 0.15) is 24.1 Å². The number of carbonyl (C=O) groups excluding carboxylic acids is 1. The van der Waals surface area contributed by atoms with Crippen molar-refractivity contribution in [2.45, 2.75) is 44.6 Å². The van der Waals surface area contributed by atoms with Gasteiger partial charge in [-0.3, -0.25) is 8.98 Å². The van der Waals surface area contributed by atoms with Crippen LogP contribution in [-0.2, 0) is 25.8 Å². The maximum atomic E-state index is 13.7. The number of carbonyl (C=O) groups is 1. The van der Waals surface area contributed by atoms with E-state index in [0.717, 1.165) is 27.3 Å². The van der Waals surface area contributed by atoms with Crippen LogP contribution >= 0.6 is 11.3 Å². The average molecular weight is 585 g/mol. The molecule has 4 N–H and O–H groups in total. The molecule has 0 unspecified atom stereocenters. The lowest BCUT2D eigenvalue weighted by Gasteiger charge is -2.24. The first-order valence-electron chi connectivity index (χ1n) is 12.8. The van der Waals surface area contributed by atoms with Crippen LogP contribution in [0.2, 0.25) is 0 Å². The van der Waals surface area contributed by atoms with E-state index in [1.165, 1.54) is 23.9 Å². The summed E-state index contributed by atoms with van der Waals surface area (Å²) in [6, 6.07) is 9.59. The Labute approximate surface area is 234 Å². The van der Waals surface area contributed by atoms with E-state index < -0.39 is 22.3 Å². The van der Waals surface area contributed by atoms with E-state index in [4.69, 9.17) is 14.9 Å². The summed E-state index contributed by atoms with van der Waals surface area (Å²) in [6.45, 7) is 2.99. The molecule has 40 heavy (non-hydrogen) atoms. The van der Waals surface area contributed by atoms with Crippen molar-refractivity contribution in [2.75, 3.05) is 18.5 Å². The predicted octanol–water partition coefficient (Wildman–Crippen LogP) is 2.32. The fourth-order valence-corrected chi connectivity index (χ4v) is 6.85. The largest absolute Gasteiger partial charge is 0.393 e. The smallest absolute Gasteiger partial charge is 0.333 e. The van der Waals surface area contributed by atoms with Crippen molar-refractivity contribution in [3.63, 3.8) is 0 Å². The van der Waals surface area contributed by atoms with E-state index in [1.54, 1.807) is 0 Å². The van der Waals surface area contributed by atoms with Crippen LogP contribution in [0.5, 0.6) is 0 Å². The molecule has 1 aliphatic heterocycles. The van der Waals surface area contributed by atoms with Gasteiger partial charge in [-0.05, 0) is 38.0 Å². The molecule has 12 nitrogen and oxygen atoms in total. The van der Waals surface area contributed by atoms with Crippen LogP contribution in [-0.4, -0.2) is 64.2 Å². The highest BCUT2D eigenvalue weighted by atomic mass is 32.2. The average Bonchev–Trinajstić information content (AvgIpc) is 3.61. The molecule has 6 rings (SSSR count). The van der Waals surface area contributed by atoms with E-state index in [2.05, 4.69) is 24.0 Å². The second-order valence-electron chi connectivity index (χ2n) is 10.0. The van der Waals surface area contributed by atoms with Crippen molar-refractivity contribution in [1.29, 1.82) is 0 Å². The molecule has 0 radical (unpaired) electrons. The Balaban J connectivity index is 1.23. The zero-order chi connectivity index (χ0) is 28.0. The molecule has 14 heteroatoms. The standard InChI is InChI=1S/C26H28N6O6S2/c1-14-17(24-26-31-19-4-2-3-5-20(19)32(26)6-7-37-24)10-22(39-14)23(34)18-11-28-13-29-25(18)30-16-8-15(21(33)9-16)12-38-40(27,35)36/h2-5,10-11,13,15-16,21,24,33H,6-9,12H2,1H3,(H2,27,35,36)(H,28,29,30)/t15-,16-,21+,24-/m1/s1. The molecule has 4 heterocycles. The quantitative estimate of drug-likeness (QED) is 0.261. The molecule has 1 saturated carbocycles. The number of hydrogen-bond acceptors (Lipinski definition) is 11. The molecule has 0 spiro atoms. The minimum atomic E-state index is -4.10. The zero-order valence-corrected chi connectivity index (χ0v) is 23.2. The molecule has 3 aromatic heterocycles. The lowest BCUT2D eigenvalue weighted by atomic mass is 10.1. The molecule has 4 aromatic rings. The Bertz CT molecular complexity index is 1690. The molecule has 0 bridgehead atoms. The number of hydrogen-bond donors (Lipinski definition) is 3. The lowest BCUT2D eigenvalue weighted by Crippen LogP contribution is -2.24. The van der Waals surface area contributed by atoms with Gasteiger partial charge < -0.3 is 19.7 Å². The van der Waals surface area contributed by atoms with E-state index in [-0.39, 0.29) is 24.5 Å². The molecular weight excluding hydrogens is 556 g/mol. The minimum Gasteiger partial charge on any atom is -0.393 e. The van der Waals surface area contributed by atoms with Crippen LogP contribution in [0.1, 0.15) is 50.4 Å². The van der Waals surface area contributed by atoms with Crippen molar-refractivity contribution in [2.24, 2.45) is 11.1 Å². The third-order valence-electron chi connectivity index (χ3n) is 7.38. The summed E-state index contributed by atoms with van der Waals surface area (Å²) in [4.78, 5) is 28.4. The van der Waals surface area contributed by atoms with Gasteiger partial charge in [0, 0.05) is 35.1 Å². The van der Waals surface area contributed by atoms with Gasteiger partial charge >= 0.3 is 10.3 Å². The Kier molecular flexibility index (Phi) is 7.14. The number of imidazole rings is 1. The van der Waals surface area contributed by atoms with Gasteiger partial charge in [0.25, 0.3) is 0 Å². The van der Waals surface area contributed by atoms with Gasteiger partial charge in [-0.1, -0.05) is 12.1 Å². The second-order valence-corrected chi connectivity index (χ2v) is 12.5. The van der Waals surface area contributed by atoms with Crippen molar-refractivity contribution in [3.05, 3.63) is 69.6 Å². The summed E-state index contributed by atoms with van der Waals surface area (Å²) < 4.78 is 35.3. The molecule has 210 valence electrons. The zero-order valence-electron chi connectivity index (χ0n) is 21.6. The fourth-order valence-electron chi connectivity index (χ4n) is 5.48. The summed E-state index contributed by atoms with van der Waals surface area (Å²) in [5.74, 6) is 0.491. The highest BCUT2D eigenvalue weighted by molar-refractivity contribution is 7.84. The number of para-hydroxylation sites is 2. The summed E-state index contributed by atoms with van der Waals surface area (Å²) in [7, 11) is -4.10. The molecule has 1 aliphatic carbocycles. The normalized spacial score (nSPS) is 22.9. The van der Waals surface area contributed by atoms with E-state index in [1.807, 2.05) is 37.3 Å². The summed E-state index contributed by atoms with van der Waals surface area (Å²) >= 11 is 1.38. The summed E-state index contributed by atoms with van der Waals surface area (Å²) in [5, 5.41) is 18.5. The van der Waals surface area contributed by atoms with Crippen LogP contribution in [0.4, 0.5) is 5.82 Å². The van der Waals surface area contributed by atoms with Gasteiger partial charge in [-0.15, -0.1) is 11.3 Å². The number of aryl methyl sites for hydroxylation is 1. The Morgan fingerprint density at radius 2 is 2.15 bits per heavy atom. The van der Waals surface area contributed by atoms with Gasteiger partial charge in [-0.25, -0.2) is 20.1 Å². The fraction of sp³-hybridized carbons (Fsp3) is 0.385. The number of nitrogens with zero attached hydrogens (tertiary/aromatic N) is 4. The molecule has 0 saturated heterocycles. The van der Waals surface area contributed by atoms with E-state index in [0.29, 0.717) is 42.3 Å². The third-order valence-corrected chi connectivity index (χ3v) is 8.91. The first kappa shape index (κ1) is 26.9. The molecule has 4 atom stereocenters. The number of ether oxygens (including phenoxy) is 1. The number of aliphatic hydroxyl groups is 1. The first-order valence-corrected chi connectivity index (χ1v) is 15.1. The third kappa shape index (κ3) is 5.25. The van der Waals surface area contributed by atoms with Crippen LogP contribution in [0.25, 0.3) is 11.0 Å². The Hall–Kier alpha value is -3.27. The molecular formula is C26H28N6O6S2. The van der Waals surface area contributed by atoms with Crippen molar-refractivity contribution < 1.29 is 27.2 Å². The molecule has 0 amide bonds. The van der Waals surface area contributed by atoms with Crippen molar-refractivity contribution in [3.8, 4) is 0 Å². The van der Waals surface area contributed by atoms with Gasteiger partial charge in [0.05, 0.1) is 40.8 Å². The first-order chi connectivity index (χ1) is 19.2.